The van der Waals surface area contributed by atoms with Crippen LogP contribution >= 0.6 is 11.6 Å². The number of fused-ring (bicyclic) bond motifs is 1. The number of pyridine rings is 1. The van der Waals surface area contributed by atoms with Crippen LogP contribution in [-0.2, 0) is 23.1 Å². The summed E-state index contributed by atoms with van der Waals surface area (Å²) >= 11 is 6.27. The second-order valence-electron chi connectivity index (χ2n) is 10.5. The van der Waals surface area contributed by atoms with Gasteiger partial charge >= 0.3 is 0 Å². The smallest absolute Gasteiger partial charge is 0.132 e. The van der Waals surface area contributed by atoms with E-state index in [9.17, 15) is 4.79 Å². The minimum Gasteiger partial charge on any atom is -0.302 e. The van der Waals surface area contributed by atoms with Gasteiger partial charge in [0.05, 0.1) is 5.69 Å². The molecule has 35 heavy (non-hydrogen) atoms. The highest BCUT2D eigenvalue weighted by Gasteiger charge is 2.40. The molecule has 2 aliphatic carbocycles. The van der Waals surface area contributed by atoms with E-state index in [1.54, 1.807) is 12.1 Å². The van der Waals surface area contributed by atoms with Crippen LogP contribution in [0.4, 0.5) is 4.39 Å². The van der Waals surface area contributed by atoms with Crippen molar-refractivity contribution in [1.82, 2.24) is 4.98 Å². The van der Waals surface area contributed by atoms with E-state index in [2.05, 4.69) is 37.8 Å². The SMILES string of the molecule is C=c1c(C)cc(CC(c2cc3c(c(-c4cc(Cl)ccc4F)n2)CCC3(C)C=O)C2CC2)c/c1=C/C. The van der Waals surface area contributed by atoms with Gasteiger partial charge in [-0.1, -0.05) is 36.4 Å². The van der Waals surface area contributed by atoms with Crippen LogP contribution in [0.15, 0.2) is 36.4 Å². The Morgan fingerprint density at radius 3 is 2.71 bits per heavy atom. The molecule has 4 heteroatoms. The fraction of sp³-hybridized carbons (Fsp3) is 0.355. The Kier molecular flexibility index (Phi) is 6.17. The number of carbonyl (C=O) groups excluding carboxylic acids is 1. The van der Waals surface area contributed by atoms with Gasteiger partial charge in [0.2, 0.25) is 0 Å². The monoisotopic (exact) mass is 487 g/mol. The lowest BCUT2D eigenvalue weighted by Gasteiger charge is -2.23. The predicted molar refractivity (Wildman–Crippen MR) is 142 cm³/mol. The van der Waals surface area contributed by atoms with Crippen molar-refractivity contribution in [2.45, 2.75) is 64.2 Å². The molecule has 1 heterocycles. The molecule has 0 saturated heterocycles. The normalized spacial score (nSPS) is 20.7. The van der Waals surface area contributed by atoms with E-state index in [-0.39, 0.29) is 11.7 Å². The summed E-state index contributed by atoms with van der Waals surface area (Å²) in [7, 11) is 0. The van der Waals surface area contributed by atoms with Crippen LogP contribution < -0.4 is 10.4 Å². The molecule has 180 valence electrons. The zero-order chi connectivity index (χ0) is 24.9. The summed E-state index contributed by atoms with van der Waals surface area (Å²) in [4.78, 5) is 17.3. The number of aryl methyl sites for hydroxylation is 1. The topological polar surface area (TPSA) is 30.0 Å². The average molecular weight is 488 g/mol. The molecule has 0 aliphatic heterocycles. The van der Waals surface area contributed by atoms with Crippen molar-refractivity contribution >= 4 is 30.5 Å². The molecule has 0 amide bonds. The number of rotatable bonds is 6. The van der Waals surface area contributed by atoms with Crippen LogP contribution in [0.5, 0.6) is 0 Å². The van der Waals surface area contributed by atoms with E-state index in [1.165, 1.54) is 17.2 Å². The van der Waals surface area contributed by atoms with Crippen molar-refractivity contribution < 1.29 is 9.18 Å². The first-order valence-electron chi connectivity index (χ1n) is 12.4. The molecular weight excluding hydrogens is 457 g/mol. The van der Waals surface area contributed by atoms with Gasteiger partial charge in [0.15, 0.2) is 0 Å². The van der Waals surface area contributed by atoms with Gasteiger partial charge in [-0.15, -0.1) is 0 Å². The van der Waals surface area contributed by atoms with Gasteiger partial charge in [-0.2, -0.15) is 0 Å². The summed E-state index contributed by atoms with van der Waals surface area (Å²) in [6, 6.07) is 11.2. The molecule has 0 radical (unpaired) electrons. The van der Waals surface area contributed by atoms with Crippen molar-refractivity contribution in [3.63, 3.8) is 0 Å². The molecular formula is C31H31ClFNO. The maximum absolute atomic E-state index is 15.0. The number of hydrogen-bond donors (Lipinski definition) is 0. The Labute approximate surface area is 211 Å². The van der Waals surface area contributed by atoms with E-state index >= 15 is 4.39 Å². The van der Waals surface area contributed by atoms with Crippen molar-refractivity contribution in [1.29, 1.82) is 0 Å². The lowest BCUT2D eigenvalue weighted by atomic mass is 9.82. The zero-order valence-electron chi connectivity index (χ0n) is 20.6. The van der Waals surface area contributed by atoms with Gasteiger partial charge in [-0.3, -0.25) is 4.98 Å². The average Bonchev–Trinajstić information content (AvgIpc) is 3.64. The molecule has 0 N–H and O–H groups in total. The Balaban J connectivity index is 1.68. The maximum atomic E-state index is 15.0. The molecule has 0 spiro atoms. The van der Waals surface area contributed by atoms with Crippen LogP contribution in [-0.4, -0.2) is 11.3 Å². The Morgan fingerprint density at radius 2 is 2.03 bits per heavy atom. The highest BCUT2D eigenvalue weighted by atomic mass is 35.5. The van der Waals surface area contributed by atoms with Crippen LogP contribution in [0.3, 0.4) is 0 Å². The third-order valence-electron chi connectivity index (χ3n) is 8.00. The molecule has 2 atom stereocenters. The molecule has 0 bridgehead atoms. The Bertz CT molecular complexity index is 1440. The largest absolute Gasteiger partial charge is 0.302 e. The zero-order valence-corrected chi connectivity index (χ0v) is 21.4. The Morgan fingerprint density at radius 1 is 1.26 bits per heavy atom. The molecule has 3 aromatic rings. The molecule has 1 saturated carbocycles. The molecule has 2 aliphatic rings. The maximum Gasteiger partial charge on any atom is 0.132 e. The lowest BCUT2D eigenvalue weighted by molar-refractivity contribution is -0.112. The van der Waals surface area contributed by atoms with Crippen molar-refractivity contribution in [2.75, 3.05) is 0 Å². The first kappa shape index (κ1) is 23.9. The van der Waals surface area contributed by atoms with Gasteiger partial charge < -0.3 is 4.79 Å². The third kappa shape index (κ3) is 4.36. The van der Waals surface area contributed by atoms with E-state index in [0.717, 1.165) is 52.8 Å². The lowest BCUT2D eigenvalue weighted by Crippen LogP contribution is -2.26. The van der Waals surface area contributed by atoms with Crippen molar-refractivity contribution in [3.05, 3.63) is 85.6 Å². The predicted octanol–water partition coefficient (Wildman–Crippen LogP) is 6.20. The van der Waals surface area contributed by atoms with Gasteiger partial charge in [0, 0.05) is 27.6 Å². The van der Waals surface area contributed by atoms with Gasteiger partial charge in [-0.05, 0) is 116 Å². The molecule has 1 aromatic heterocycles. The third-order valence-corrected chi connectivity index (χ3v) is 8.24. The minimum atomic E-state index is -0.582. The minimum absolute atomic E-state index is 0.206. The van der Waals surface area contributed by atoms with E-state index < -0.39 is 5.41 Å². The van der Waals surface area contributed by atoms with Gasteiger partial charge in [-0.25, -0.2) is 4.39 Å². The molecule has 5 rings (SSSR count). The number of nitrogens with zero attached hydrogens (tertiary/aromatic N) is 1. The van der Waals surface area contributed by atoms with Crippen LogP contribution in [0.25, 0.3) is 23.9 Å². The number of carbonyl (C=O) groups is 1. The van der Waals surface area contributed by atoms with Crippen LogP contribution in [0.1, 0.15) is 67.0 Å². The second kappa shape index (κ2) is 9.02. The quantitative estimate of drug-likeness (QED) is 0.387. The van der Waals surface area contributed by atoms with Gasteiger partial charge in [0.25, 0.3) is 0 Å². The fourth-order valence-electron chi connectivity index (χ4n) is 5.65. The number of aromatic nitrogens is 1. The van der Waals surface area contributed by atoms with Gasteiger partial charge in [0.1, 0.15) is 12.1 Å². The highest BCUT2D eigenvalue weighted by Crippen LogP contribution is 2.48. The second-order valence-corrected chi connectivity index (χ2v) is 10.9. The number of halogens is 2. The Hall–Kier alpha value is -2.78. The van der Waals surface area contributed by atoms with E-state index in [0.29, 0.717) is 35.0 Å². The van der Waals surface area contributed by atoms with Crippen LogP contribution in [0.2, 0.25) is 5.02 Å². The molecule has 2 unspecified atom stereocenters. The van der Waals surface area contributed by atoms with E-state index in [4.69, 9.17) is 16.6 Å². The summed E-state index contributed by atoms with van der Waals surface area (Å²) in [6.45, 7) is 10.4. The van der Waals surface area contributed by atoms with Crippen molar-refractivity contribution in [3.8, 4) is 11.3 Å². The summed E-state index contributed by atoms with van der Waals surface area (Å²) in [5.41, 5.74) is 5.83. The first-order valence-corrected chi connectivity index (χ1v) is 12.8. The summed E-state index contributed by atoms with van der Waals surface area (Å²) in [5, 5.41) is 2.70. The molecule has 1 fully saturated rings. The number of benzene rings is 2. The highest BCUT2D eigenvalue weighted by molar-refractivity contribution is 6.30. The number of aldehydes is 1. The summed E-state index contributed by atoms with van der Waals surface area (Å²) < 4.78 is 15.0. The summed E-state index contributed by atoms with van der Waals surface area (Å²) in [5.74, 6) is 0.404. The number of hydrogen-bond acceptors (Lipinski definition) is 2. The molecule has 2 aromatic carbocycles. The van der Waals surface area contributed by atoms with Crippen molar-refractivity contribution in [2.24, 2.45) is 5.92 Å². The van der Waals surface area contributed by atoms with Crippen LogP contribution in [0, 0.1) is 18.7 Å². The first-order chi connectivity index (χ1) is 16.7. The summed E-state index contributed by atoms with van der Waals surface area (Å²) in [6.07, 6.45) is 7.74. The molecule has 2 nitrogen and oxygen atoms in total. The standard InChI is InChI=1S/C31H31ClFNO/c1-5-21-13-20(12-18(2)19(21)3)14-25(22-6-7-22)29-16-27-24(10-11-31(27,4)17-35)30(34-29)26-15-23(32)8-9-28(26)33/h5,8-9,12-13,15-17,22,25H,3,6-7,10-11,14H2,1-2,4H3/b21-5-. The fourth-order valence-corrected chi connectivity index (χ4v) is 5.82. The van der Waals surface area contributed by atoms with E-state index in [1.807, 2.05) is 13.8 Å².